The maximum atomic E-state index is 12.7. The third-order valence-electron chi connectivity index (χ3n) is 4.40. The summed E-state index contributed by atoms with van der Waals surface area (Å²) in [5.74, 6) is 0.0812. The van der Waals surface area contributed by atoms with Crippen LogP contribution in [0.5, 0.6) is 0 Å². The van der Waals surface area contributed by atoms with Crippen molar-refractivity contribution in [2.45, 2.75) is 32.4 Å². The Hall–Kier alpha value is -2.17. The maximum absolute atomic E-state index is 12.7. The first kappa shape index (κ1) is 15.7. The van der Waals surface area contributed by atoms with Crippen LogP contribution in [0.25, 0.3) is 0 Å². The van der Waals surface area contributed by atoms with Gasteiger partial charge in [-0.05, 0) is 43.5 Å². The maximum Gasteiger partial charge on any atom is 0.245 e. The number of carbonyl (C=O) groups is 1. The van der Waals surface area contributed by atoms with Crippen LogP contribution in [0, 0.1) is 13.8 Å². The Kier molecular flexibility index (Phi) is 4.46. The van der Waals surface area contributed by atoms with Crippen molar-refractivity contribution in [2.75, 3.05) is 11.9 Å². The Morgan fingerprint density at radius 2 is 1.78 bits per heavy atom. The van der Waals surface area contributed by atoms with Crippen molar-refractivity contribution in [3.8, 4) is 0 Å². The zero-order chi connectivity index (χ0) is 16.4. The van der Waals surface area contributed by atoms with E-state index in [0.29, 0.717) is 0 Å². The third-order valence-corrected chi connectivity index (χ3v) is 4.40. The number of nitrogens with one attached hydrogen (secondary N) is 2. The summed E-state index contributed by atoms with van der Waals surface area (Å²) in [6.45, 7) is 4.11. The van der Waals surface area contributed by atoms with E-state index < -0.39 is 0 Å². The molecule has 0 saturated carbocycles. The molecule has 0 spiro atoms. The molecular weight excluding hydrogens is 286 g/mol. The second-order valence-electron chi connectivity index (χ2n) is 6.28. The van der Waals surface area contributed by atoms with Crippen LogP contribution in [-0.2, 0) is 4.79 Å². The Morgan fingerprint density at radius 1 is 1.04 bits per heavy atom. The molecule has 1 heterocycles. The average Bonchev–Trinajstić information content (AvgIpc) is 3.04. The van der Waals surface area contributed by atoms with Crippen LogP contribution < -0.4 is 15.8 Å². The Labute approximate surface area is 137 Å². The van der Waals surface area contributed by atoms with E-state index in [1.54, 1.807) is 4.90 Å². The topological polar surface area (TPSA) is 44.4 Å². The SMILES string of the molecule is Cc1ccc(C2CC(C(=O)N(C)c3cccc(C)c3)NN2)cc1. The lowest BCUT2D eigenvalue weighted by Crippen LogP contribution is -2.44. The Balaban J connectivity index is 1.68. The number of aryl methyl sites for hydroxylation is 2. The quantitative estimate of drug-likeness (QED) is 0.916. The largest absolute Gasteiger partial charge is 0.314 e. The zero-order valence-corrected chi connectivity index (χ0v) is 13.8. The van der Waals surface area contributed by atoms with Crippen LogP contribution in [0.15, 0.2) is 48.5 Å². The van der Waals surface area contributed by atoms with Gasteiger partial charge in [-0.1, -0.05) is 42.0 Å². The van der Waals surface area contributed by atoms with Gasteiger partial charge in [-0.15, -0.1) is 0 Å². The summed E-state index contributed by atoms with van der Waals surface area (Å²) in [4.78, 5) is 14.4. The monoisotopic (exact) mass is 309 g/mol. The van der Waals surface area contributed by atoms with Crippen molar-refractivity contribution in [2.24, 2.45) is 0 Å². The predicted octanol–water partition coefficient (Wildman–Crippen LogP) is 2.87. The molecule has 0 bridgehead atoms. The van der Waals surface area contributed by atoms with E-state index in [1.165, 1.54) is 11.1 Å². The number of benzene rings is 2. The molecule has 1 fully saturated rings. The summed E-state index contributed by atoms with van der Waals surface area (Å²) in [6.07, 6.45) is 0.748. The first-order valence-electron chi connectivity index (χ1n) is 7.96. The van der Waals surface area contributed by atoms with Gasteiger partial charge in [0.25, 0.3) is 0 Å². The summed E-state index contributed by atoms with van der Waals surface area (Å²) >= 11 is 0. The number of anilines is 1. The highest BCUT2D eigenvalue weighted by molar-refractivity contribution is 5.97. The highest BCUT2D eigenvalue weighted by Crippen LogP contribution is 2.24. The molecule has 2 atom stereocenters. The van der Waals surface area contributed by atoms with Crippen molar-refractivity contribution >= 4 is 11.6 Å². The van der Waals surface area contributed by atoms with Gasteiger partial charge in [0.05, 0.1) is 0 Å². The normalized spacial score (nSPS) is 20.5. The standard InChI is InChI=1S/C19H23N3O/c1-13-7-9-15(10-8-13)17-12-18(21-20-17)19(23)22(3)16-6-4-5-14(2)11-16/h4-11,17-18,20-21H,12H2,1-3H3. The van der Waals surface area contributed by atoms with Gasteiger partial charge in [0, 0.05) is 18.8 Å². The molecular formula is C19H23N3O. The lowest BCUT2D eigenvalue weighted by Gasteiger charge is -2.21. The van der Waals surface area contributed by atoms with Crippen molar-refractivity contribution in [3.63, 3.8) is 0 Å². The molecule has 1 saturated heterocycles. The van der Waals surface area contributed by atoms with Crippen LogP contribution in [-0.4, -0.2) is 19.0 Å². The molecule has 4 nitrogen and oxygen atoms in total. The highest BCUT2D eigenvalue weighted by atomic mass is 16.2. The number of likely N-dealkylation sites (N-methyl/N-ethyl adjacent to an activating group) is 1. The number of hydrogen-bond donors (Lipinski definition) is 2. The van der Waals surface area contributed by atoms with Crippen molar-refractivity contribution in [1.82, 2.24) is 10.9 Å². The van der Waals surface area contributed by atoms with Gasteiger partial charge in [-0.2, -0.15) is 0 Å². The van der Waals surface area contributed by atoms with Gasteiger partial charge in [0.15, 0.2) is 0 Å². The minimum absolute atomic E-state index is 0.0812. The minimum Gasteiger partial charge on any atom is -0.314 e. The number of amides is 1. The predicted molar refractivity (Wildman–Crippen MR) is 93.2 cm³/mol. The second kappa shape index (κ2) is 6.52. The lowest BCUT2D eigenvalue weighted by atomic mass is 10.0. The molecule has 3 rings (SSSR count). The van der Waals surface area contributed by atoms with Gasteiger partial charge < -0.3 is 4.90 Å². The summed E-state index contributed by atoms with van der Waals surface area (Å²) in [7, 11) is 1.83. The van der Waals surface area contributed by atoms with Gasteiger partial charge in [0.1, 0.15) is 6.04 Å². The molecule has 2 unspecified atom stereocenters. The van der Waals surface area contributed by atoms with E-state index in [4.69, 9.17) is 0 Å². The molecule has 2 aromatic carbocycles. The fourth-order valence-corrected chi connectivity index (χ4v) is 2.93. The number of rotatable bonds is 3. The molecule has 4 heteroatoms. The van der Waals surface area contributed by atoms with Crippen LogP contribution in [0.1, 0.15) is 29.2 Å². The van der Waals surface area contributed by atoms with Crippen molar-refractivity contribution < 1.29 is 4.79 Å². The zero-order valence-electron chi connectivity index (χ0n) is 13.8. The second-order valence-corrected chi connectivity index (χ2v) is 6.28. The van der Waals surface area contributed by atoms with E-state index in [9.17, 15) is 4.79 Å². The molecule has 0 aliphatic carbocycles. The molecule has 1 aliphatic rings. The molecule has 1 aliphatic heterocycles. The van der Waals surface area contributed by atoms with E-state index >= 15 is 0 Å². The van der Waals surface area contributed by atoms with Gasteiger partial charge in [-0.25, -0.2) is 10.9 Å². The molecule has 2 aromatic rings. The minimum atomic E-state index is -0.216. The highest BCUT2D eigenvalue weighted by Gasteiger charge is 2.32. The summed E-state index contributed by atoms with van der Waals surface area (Å²) < 4.78 is 0. The van der Waals surface area contributed by atoms with Crippen molar-refractivity contribution in [3.05, 3.63) is 65.2 Å². The lowest BCUT2D eigenvalue weighted by molar-refractivity contribution is -0.120. The van der Waals surface area contributed by atoms with Gasteiger partial charge in [-0.3, -0.25) is 4.79 Å². The molecule has 23 heavy (non-hydrogen) atoms. The number of hydrogen-bond acceptors (Lipinski definition) is 3. The third kappa shape index (κ3) is 3.44. The smallest absolute Gasteiger partial charge is 0.245 e. The first-order chi connectivity index (χ1) is 11.0. The molecule has 120 valence electrons. The van der Waals surface area contributed by atoms with Gasteiger partial charge in [0.2, 0.25) is 5.91 Å². The van der Waals surface area contributed by atoms with Crippen LogP contribution in [0.2, 0.25) is 0 Å². The average molecular weight is 309 g/mol. The summed E-state index contributed by atoms with van der Waals surface area (Å²) in [5, 5.41) is 0. The van der Waals surface area contributed by atoms with Crippen LogP contribution >= 0.6 is 0 Å². The van der Waals surface area contributed by atoms with Gasteiger partial charge >= 0.3 is 0 Å². The number of nitrogens with zero attached hydrogens (tertiary/aromatic N) is 1. The number of carbonyl (C=O) groups excluding carboxylic acids is 1. The molecule has 0 radical (unpaired) electrons. The van der Waals surface area contributed by atoms with E-state index in [0.717, 1.165) is 17.7 Å². The van der Waals surface area contributed by atoms with E-state index in [1.807, 2.05) is 38.2 Å². The molecule has 0 aromatic heterocycles. The fourth-order valence-electron chi connectivity index (χ4n) is 2.93. The summed E-state index contributed by atoms with van der Waals surface area (Å²) in [5.41, 5.74) is 10.9. The Morgan fingerprint density at radius 3 is 2.48 bits per heavy atom. The fraction of sp³-hybridized carbons (Fsp3) is 0.316. The van der Waals surface area contributed by atoms with Crippen LogP contribution in [0.3, 0.4) is 0 Å². The number of hydrazine groups is 1. The van der Waals surface area contributed by atoms with E-state index in [-0.39, 0.29) is 18.0 Å². The first-order valence-corrected chi connectivity index (χ1v) is 7.96. The Bertz CT molecular complexity index is 696. The van der Waals surface area contributed by atoms with E-state index in [2.05, 4.69) is 42.0 Å². The van der Waals surface area contributed by atoms with Crippen molar-refractivity contribution in [1.29, 1.82) is 0 Å². The molecule has 2 N–H and O–H groups in total. The van der Waals surface area contributed by atoms with Crippen LogP contribution in [0.4, 0.5) is 5.69 Å². The summed E-state index contributed by atoms with van der Waals surface area (Å²) in [6, 6.07) is 16.4. The molecule has 1 amide bonds.